The molecular formula is C21H34O3. The van der Waals surface area contributed by atoms with Gasteiger partial charge in [0.15, 0.2) is 0 Å². The molecule has 0 aromatic rings. The summed E-state index contributed by atoms with van der Waals surface area (Å²) < 4.78 is 12.1. The quantitative estimate of drug-likeness (QED) is 0.443. The van der Waals surface area contributed by atoms with Crippen molar-refractivity contribution in [2.75, 3.05) is 0 Å². The largest absolute Gasteiger partial charge is 0.456 e. The molecule has 0 bridgehead atoms. The molecule has 0 spiro atoms. The highest BCUT2D eigenvalue weighted by Gasteiger charge is 2.60. The van der Waals surface area contributed by atoms with Gasteiger partial charge in [-0.25, -0.2) is 0 Å². The maximum atomic E-state index is 11.7. The second-order valence-corrected chi connectivity index (χ2v) is 7.50. The number of carbonyl (C=O) groups excluding carboxylic acids is 1. The van der Waals surface area contributed by atoms with E-state index in [1.54, 1.807) is 0 Å². The van der Waals surface area contributed by atoms with E-state index in [0.29, 0.717) is 12.3 Å². The molecule has 0 amide bonds. The molecular weight excluding hydrogens is 300 g/mol. The van der Waals surface area contributed by atoms with Crippen LogP contribution in [0.4, 0.5) is 0 Å². The molecule has 2 rings (SSSR count). The number of carbonyl (C=O) groups is 1. The lowest BCUT2D eigenvalue weighted by molar-refractivity contribution is -0.149. The van der Waals surface area contributed by atoms with Crippen LogP contribution in [-0.2, 0) is 14.3 Å². The van der Waals surface area contributed by atoms with E-state index in [-0.39, 0.29) is 17.7 Å². The molecule has 3 nitrogen and oxygen atoms in total. The third-order valence-electron chi connectivity index (χ3n) is 5.69. The Labute approximate surface area is 147 Å². The summed E-state index contributed by atoms with van der Waals surface area (Å²) >= 11 is 0. The van der Waals surface area contributed by atoms with Crippen molar-refractivity contribution in [3.05, 3.63) is 23.8 Å². The van der Waals surface area contributed by atoms with Crippen LogP contribution in [0.3, 0.4) is 0 Å². The van der Waals surface area contributed by atoms with Crippen molar-refractivity contribution < 1.29 is 14.3 Å². The smallest absolute Gasteiger partial charge is 0.309 e. The zero-order valence-corrected chi connectivity index (χ0v) is 16.1. The predicted octanol–water partition coefficient (Wildman–Crippen LogP) is 5.35. The Hall–Kier alpha value is -1.09. The predicted molar refractivity (Wildman–Crippen MR) is 97.8 cm³/mol. The Bertz CT molecular complexity index is 507. The van der Waals surface area contributed by atoms with Gasteiger partial charge in [0.1, 0.15) is 11.7 Å². The minimum absolute atomic E-state index is 0.0824. The molecule has 2 saturated heterocycles. The summed E-state index contributed by atoms with van der Waals surface area (Å²) in [6.07, 6.45) is 13.1. The number of hydrogen-bond acceptors (Lipinski definition) is 3. The lowest BCUT2D eigenvalue weighted by Crippen LogP contribution is -2.35. The number of ether oxygens (including phenoxy) is 2. The Balaban J connectivity index is 2.14. The van der Waals surface area contributed by atoms with Gasteiger partial charge in [-0.2, -0.15) is 0 Å². The van der Waals surface area contributed by atoms with Gasteiger partial charge in [0, 0.05) is 6.42 Å². The first-order valence-electron chi connectivity index (χ1n) is 9.67. The van der Waals surface area contributed by atoms with Gasteiger partial charge in [-0.1, -0.05) is 51.5 Å². The monoisotopic (exact) mass is 334 g/mol. The molecule has 2 heterocycles. The number of esters is 1. The van der Waals surface area contributed by atoms with Crippen molar-refractivity contribution in [3.63, 3.8) is 0 Å². The van der Waals surface area contributed by atoms with Crippen molar-refractivity contribution in [2.24, 2.45) is 5.92 Å². The zero-order chi connectivity index (χ0) is 17.8. The standard InChI is InChI=1S/C21H34O3/c1-6-10-11-17(7-2)12-16(5)14-20(8-3)15-21(9-4)18(23-20)13-19(22)24-21/h10-11,14,17-18H,6-9,12-13,15H2,1-5H3/b11-10+,16-14+/t17-,18+,20-,21+/m0/s1. The highest BCUT2D eigenvalue weighted by molar-refractivity contribution is 5.73. The van der Waals surface area contributed by atoms with Gasteiger partial charge in [-0.3, -0.25) is 4.79 Å². The summed E-state index contributed by atoms with van der Waals surface area (Å²) in [5, 5.41) is 0. The van der Waals surface area contributed by atoms with Crippen LogP contribution in [0.15, 0.2) is 23.8 Å². The zero-order valence-electron chi connectivity index (χ0n) is 16.1. The fourth-order valence-corrected chi connectivity index (χ4v) is 4.22. The fourth-order valence-electron chi connectivity index (χ4n) is 4.22. The van der Waals surface area contributed by atoms with Crippen LogP contribution in [0.1, 0.15) is 79.6 Å². The van der Waals surface area contributed by atoms with Gasteiger partial charge >= 0.3 is 5.97 Å². The number of fused-ring (bicyclic) bond motifs is 1. The van der Waals surface area contributed by atoms with Gasteiger partial charge in [-0.15, -0.1) is 0 Å². The van der Waals surface area contributed by atoms with E-state index in [9.17, 15) is 4.79 Å². The highest BCUT2D eigenvalue weighted by atomic mass is 16.6. The van der Waals surface area contributed by atoms with Crippen molar-refractivity contribution in [3.8, 4) is 0 Å². The second-order valence-electron chi connectivity index (χ2n) is 7.50. The molecule has 0 saturated carbocycles. The molecule has 0 aromatic carbocycles. The van der Waals surface area contributed by atoms with Gasteiger partial charge in [0.05, 0.1) is 12.0 Å². The third kappa shape index (κ3) is 3.93. The first kappa shape index (κ1) is 19.2. The van der Waals surface area contributed by atoms with E-state index < -0.39 is 5.60 Å². The summed E-state index contributed by atoms with van der Waals surface area (Å²) in [5.41, 5.74) is 0.691. The van der Waals surface area contributed by atoms with E-state index >= 15 is 0 Å². The molecule has 0 aromatic heterocycles. The van der Waals surface area contributed by atoms with Crippen LogP contribution < -0.4 is 0 Å². The molecule has 0 radical (unpaired) electrons. The minimum atomic E-state index is -0.407. The molecule has 2 fully saturated rings. The van der Waals surface area contributed by atoms with Crippen molar-refractivity contribution in [1.82, 2.24) is 0 Å². The van der Waals surface area contributed by atoms with Crippen molar-refractivity contribution >= 4 is 5.97 Å². The Morgan fingerprint density at radius 1 is 1.29 bits per heavy atom. The van der Waals surface area contributed by atoms with E-state index in [1.807, 2.05) is 0 Å². The average molecular weight is 335 g/mol. The molecule has 2 aliphatic rings. The van der Waals surface area contributed by atoms with Crippen molar-refractivity contribution in [2.45, 2.75) is 96.9 Å². The number of hydrogen-bond donors (Lipinski definition) is 0. The van der Waals surface area contributed by atoms with Crippen LogP contribution in [0.5, 0.6) is 0 Å². The first-order chi connectivity index (χ1) is 11.4. The van der Waals surface area contributed by atoms with Gasteiger partial charge in [0.2, 0.25) is 0 Å². The third-order valence-corrected chi connectivity index (χ3v) is 5.69. The Morgan fingerprint density at radius 2 is 2.04 bits per heavy atom. The minimum Gasteiger partial charge on any atom is -0.456 e. The fraction of sp³-hybridized carbons (Fsp3) is 0.762. The number of rotatable bonds is 8. The van der Waals surface area contributed by atoms with Crippen LogP contribution in [0.25, 0.3) is 0 Å². The maximum absolute atomic E-state index is 11.7. The normalized spacial score (nSPS) is 34.6. The molecule has 4 atom stereocenters. The van der Waals surface area contributed by atoms with E-state index in [0.717, 1.165) is 38.5 Å². The summed E-state index contributed by atoms with van der Waals surface area (Å²) in [7, 11) is 0. The molecule has 3 heteroatoms. The van der Waals surface area contributed by atoms with Gasteiger partial charge in [-0.05, 0) is 44.9 Å². The molecule has 136 valence electrons. The molecule has 0 unspecified atom stereocenters. The summed E-state index contributed by atoms with van der Waals surface area (Å²) in [5.74, 6) is 0.483. The molecule has 0 aliphatic carbocycles. The Morgan fingerprint density at radius 3 is 2.58 bits per heavy atom. The van der Waals surface area contributed by atoms with Crippen molar-refractivity contribution in [1.29, 1.82) is 0 Å². The van der Waals surface area contributed by atoms with Crippen LogP contribution in [0, 0.1) is 5.92 Å². The molecule has 2 aliphatic heterocycles. The second kappa shape index (κ2) is 7.86. The SMILES string of the molecule is CC/C=C/[C@H](CC)C/C(C)=C/[C@@]1(CC)C[C@@]2(CC)OC(=O)C[C@H]2O1. The average Bonchev–Trinajstić information content (AvgIpc) is 3.01. The lowest BCUT2D eigenvalue weighted by atomic mass is 9.83. The topological polar surface area (TPSA) is 35.5 Å². The van der Waals surface area contributed by atoms with Gasteiger partial charge in [0.25, 0.3) is 0 Å². The highest BCUT2D eigenvalue weighted by Crippen LogP contribution is 2.50. The van der Waals surface area contributed by atoms with Crippen LogP contribution in [-0.4, -0.2) is 23.3 Å². The van der Waals surface area contributed by atoms with Crippen LogP contribution >= 0.6 is 0 Å². The van der Waals surface area contributed by atoms with E-state index in [1.165, 1.54) is 5.57 Å². The summed E-state index contributed by atoms with van der Waals surface area (Å²) in [6, 6.07) is 0. The van der Waals surface area contributed by atoms with Gasteiger partial charge < -0.3 is 9.47 Å². The van der Waals surface area contributed by atoms with Crippen LogP contribution in [0.2, 0.25) is 0 Å². The lowest BCUT2D eigenvalue weighted by Gasteiger charge is -2.28. The molecule has 24 heavy (non-hydrogen) atoms. The summed E-state index contributed by atoms with van der Waals surface area (Å²) in [4.78, 5) is 11.7. The Kier molecular flexibility index (Phi) is 6.30. The van der Waals surface area contributed by atoms with E-state index in [2.05, 4.69) is 52.8 Å². The first-order valence-corrected chi connectivity index (χ1v) is 9.67. The van der Waals surface area contributed by atoms with E-state index in [4.69, 9.17) is 9.47 Å². The summed E-state index contributed by atoms with van der Waals surface area (Å²) in [6.45, 7) is 10.9. The molecule has 0 N–H and O–H groups in total. The number of allylic oxidation sites excluding steroid dienone is 3. The maximum Gasteiger partial charge on any atom is 0.309 e.